The molecule has 1 aliphatic rings. The minimum absolute atomic E-state index is 0.413. The zero-order chi connectivity index (χ0) is 17.6. The molecule has 0 radical (unpaired) electrons. The van der Waals surface area contributed by atoms with E-state index in [4.69, 9.17) is 0 Å². The number of allylic oxidation sites excluding steroid dienone is 1. The molecule has 0 bridgehead atoms. The summed E-state index contributed by atoms with van der Waals surface area (Å²) in [6.07, 6.45) is 11.7. The Kier molecular flexibility index (Phi) is 6.95. The minimum Gasteiger partial charge on any atom is -0.365 e. The first-order valence-electron chi connectivity index (χ1n) is 9.84. The van der Waals surface area contributed by atoms with Crippen LogP contribution in [-0.4, -0.2) is 12.6 Å². The van der Waals surface area contributed by atoms with Crippen LogP contribution in [0.4, 0.5) is 5.69 Å². The Morgan fingerprint density at radius 2 is 1.67 bits per heavy atom. The summed E-state index contributed by atoms with van der Waals surface area (Å²) in [7, 11) is 0. The van der Waals surface area contributed by atoms with Gasteiger partial charge in [0.15, 0.2) is 0 Å². The molecule has 24 heavy (non-hydrogen) atoms. The van der Waals surface area contributed by atoms with Gasteiger partial charge in [0.05, 0.1) is 0 Å². The first-order valence-corrected chi connectivity index (χ1v) is 9.84. The van der Waals surface area contributed by atoms with Crippen molar-refractivity contribution in [1.82, 2.24) is 0 Å². The molecule has 0 amide bonds. The zero-order valence-electron chi connectivity index (χ0n) is 16.6. The van der Waals surface area contributed by atoms with Gasteiger partial charge in [-0.2, -0.15) is 0 Å². The topological polar surface area (TPSA) is 3.24 Å². The number of benzene rings is 1. The van der Waals surface area contributed by atoms with Crippen molar-refractivity contribution in [2.24, 2.45) is 5.41 Å². The van der Waals surface area contributed by atoms with Crippen molar-refractivity contribution in [3.05, 3.63) is 41.5 Å². The number of anilines is 1. The molecule has 1 heteroatoms. The van der Waals surface area contributed by atoms with Crippen LogP contribution in [0, 0.1) is 5.41 Å². The van der Waals surface area contributed by atoms with E-state index in [1.165, 1.54) is 61.8 Å². The quantitative estimate of drug-likeness (QED) is 0.521. The smallest absolute Gasteiger partial charge is 0.0371 e. The number of aryl methyl sites for hydroxylation is 1. The van der Waals surface area contributed by atoms with Gasteiger partial charge < -0.3 is 4.90 Å². The van der Waals surface area contributed by atoms with Crippen LogP contribution in [0.5, 0.6) is 0 Å². The maximum Gasteiger partial charge on any atom is 0.0371 e. The summed E-state index contributed by atoms with van der Waals surface area (Å²) in [5.41, 5.74) is 4.70. The molecule has 0 unspecified atom stereocenters. The summed E-state index contributed by atoms with van der Waals surface area (Å²) in [5, 5.41) is 0. The SMILES string of the molecule is CC(C)=CCN(c1ccc(CCC(C)(C)C)cc1)C1CCCCC1. The second-order valence-corrected chi connectivity index (χ2v) is 8.95. The van der Waals surface area contributed by atoms with Gasteiger partial charge in [-0.15, -0.1) is 0 Å². The molecular formula is C23H37N. The van der Waals surface area contributed by atoms with Gasteiger partial charge in [0.1, 0.15) is 0 Å². The lowest BCUT2D eigenvalue weighted by Gasteiger charge is -2.36. The van der Waals surface area contributed by atoms with Gasteiger partial charge in [-0.25, -0.2) is 0 Å². The monoisotopic (exact) mass is 327 g/mol. The molecule has 1 saturated carbocycles. The fourth-order valence-corrected chi connectivity index (χ4v) is 3.51. The van der Waals surface area contributed by atoms with Crippen LogP contribution in [0.15, 0.2) is 35.9 Å². The van der Waals surface area contributed by atoms with E-state index in [-0.39, 0.29) is 0 Å². The minimum atomic E-state index is 0.413. The van der Waals surface area contributed by atoms with E-state index in [0.717, 1.165) is 12.6 Å². The van der Waals surface area contributed by atoms with Crippen molar-refractivity contribution in [3.8, 4) is 0 Å². The van der Waals surface area contributed by atoms with E-state index < -0.39 is 0 Å². The van der Waals surface area contributed by atoms with Crippen LogP contribution in [0.3, 0.4) is 0 Å². The average molecular weight is 328 g/mol. The molecule has 0 aliphatic heterocycles. The second-order valence-electron chi connectivity index (χ2n) is 8.95. The van der Waals surface area contributed by atoms with Crippen molar-refractivity contribution >= 4 is 5.69 Å². The number of hydrogen-bond acceptors (Lipinski definition) is 1. The summed E-state index contributed by atoms with van der Waals surface area (Å²) >= 11 is 0. The van der Waals surface area contributed by atoms with Gasteiger partial charge >= 0.3 is 0 Å². The number of nitrogens with zero attached hydrogens (tertiary/aromatic N) is 1. The Labute approximate surface area is 150 Å². The van der Waals surface area contributed by atoms with Crippen LogP contribution in [0.25, 0.3) is 0 Å². The number of rotatable bonds is 6. The van der Waals surface area contributed by atoms with Crippen molar-refractivity contribution in [1.29, 1.82) is 0 Å². The van der Waals surface area contributed by atoms with E-state index in [0.29, 0.717) is 5.41 Å². The van der Waals surface area contributed by atoms with E-state index >= 15 is 0 Å². The summed E-state index contributed by atoms with van der Waals surface area (Å²) in [5.74, 6) is 0. The van der Waals surface area contributed by atoms with Crippen molar-refractivity contribution in [3.63, 3.8) is 0 Å². The van der Waals surface area contributed by atoms with Gasteiger partial charge in [0.2, 0.25) is 0 Å². The highest BCUT2D eigenvalue weighted by atomic mass is 15.2. The normalized spacial score (nSPS) is 16.0. The Morgan fingerprint density at radius 1 is 1.04 bits per heavy atom. The van der Waals surface area contributed by atoms with Crippen LogP contribution < -0.4 is 4.90 Å². The van der Waals surface area contributed by atoms with Crippen LogP contribution >= 0.6 is 0 Å². The third-order valence-corrected chi connectivity index (χ3v) is 5.14. The summed E-state index contributed by atoms with van der Waals surface area (Å²) in [6.45, 7) is 12.4. The third kappa shape index (κ3) is 6.34. The largest absolute Gasteiger partial charge is 0.365 e. The average Bonchev–Trinajstić information content (AvgIpc) is 2.54. The first kappa shape index (κ1) is 19.1. The van der Waals surface area contributed by atoms with Crippen LogP contribution in [0.1, 0.15) is 78.7 Å². The standard InChI is InChI=1S/C23H37N/c1-19(2)16-18-24(21-9-7-6-8-10-21)22-13-11-20(12-14-22)15-17-23(3,4)5/h11-14,16,21H,6-10,15,17-18H2,1-5H3. The van der Waals surface area contributed by atoms with Gasteiger partial charge in [-0.1, -0.05) is 63.8 Å². The molecule has 1 nitrogen and oxygen atoms in total. The van der Waals surface area contributed by atoms with Crippen molar-refractivity contribution < 1.29 is 0 Å². The van der Waals surface area contributed by atoms with Crippen LogP contribution in [0.2, 0.25) is 0 Å². The van der Waals surface area contributed by atoms with E-state index in [1.807, 2.05) is 0 Å². The summed E-state index contributed by atoms with van der Waals surface area (Å²) in [6, 6.07) is 10.1. The number of hydrogen-bond donors (Lipinski definition) is 0. The predicted octanol–water partition coefficient (Wildman–Crippen LogP) is 6.77. The van der Waals surface area contributed by atoms with Crippen LogP contribution in [-0.2, 0) is 6.42 Å². The molecule has 0 saturated heterocycles. The molecule has 1 aromatic carbocycles. The van der Waals surface area contributed by atoms with E-state index in [2.05, 4.69) is 69.9 Å². The molecule has 1 aliphatic carbocycles. The maximum absolute atomic E-state index is 2.64. The molecular weight excluding hydrogens is 290 g/mol. The van der Waals surface area contributed by atoms with Crippen molar-refractivity contribution in [2.45, 2.75) is 85.6 Å². The molecule has 134 valence electrons. The molecule has 0 atom stereocenters. The highest BCUT2D eigenvalue weighted by molar-refractivity contribution is 5.49. The van der Waals surface area contributed by atoms with Crippen molar-refractivity contribution in [2.75, 3.05) is 11.4 Å². The molecule has 0 spiro atoms. The first-order chi connectivity index (χ1) is 11.3. The lowest BCUT2D eigenvalue weighted by Crippen LogP contribution is -2.37. The van der Waals surface area contributed by atoms with E-state index in [9.17, 15) is 0 Å². The molecule has 2 rings (SSSR count). The second kappa shape index (κ2) is 8.74. The maximum atomic E-state index is 2.64. The Balaban J connectivity index is 2.08. The highest BCUT2D eigenvalue weighted by Gasteiger charge is 2.20. The third-order valence-electron chi connectivity index (χ3n) is 5.14. The zero-order valence-corrected chi connectivity index (χ0v) is 16.6. The highest BCUT2D eigenvalue weighted by Crippen LogP contribution is 2.28. The Bertz CT molecular complexity index is 508. The molecule has 0 N–H and O–H groups in total. The van der Waals surface area contributed by atoms with Gasteiger partial charge in [0, 0.05) is 18.3 Å². The summed E-state index contributed by atoms with van der Waals surface area (Å²) < 4.78 is 0. The lowest BCUT2D eigenvalue weighted by atomic mass is 9.88. The molecule has 1 aromatic rings. The fraction of sp³-hybridized carbons (Fsp3) is 0.652. The molecule has 0 heterocycles. The predicted molar refractivity (Wildman–Crippen MR) is 108 cm³/mol. The lowest BCUT2D eigenvalue weighted by molar-refractivity contribution is 0.378. The molecule has 1 fully saturated rings. The summed E-state index contributed by atoms with van der Waals surface area (Å²) in [4.78, 5) is 2.64. The molecule has 0 aromatic heterocycles. The van der Waals surface area contributed by atoms with E-state index in [1.54, 1.807) is 0 Å². The van der Waals surface area contributed by atoms with Gasteiger partial charge in [-0.3, -0.25) is 0 Å². The van der Waals surface area contributed by atoms with Gasteiger partial charge in [-0.05, 0) is 62.6 Å². The Hall–Kier alpha value is -1.24. The Morgan fingerprint density at radius 3 is 2.21 bits per heavy atom. The van der Waals surface area contributed by atoms with Gasteiger partial charge in [0.25, 0.3) is 0 Å². The fourth-order valence-electron chi connectivity index (χ4n) is 3.51.